The Bertz CT molecular complexity index is 663. The van der Waals surface area contributed by atoms with Gasteiger partial charge in [-0.15, -0.1) is 0 Å². The molecule has 2 fully saturated rings. The molecule has 1 atom stereocenters. The average Bonchev–Trinajstić information content (AvgIpc) is 2.97. The zero-order chi connectivity index (χ0) is 18.2. The number of amides is 2. The molecule has 0 aliphatic carbocycles. The van der Waals surface area contributed by atoms with Crippen LogP contribution in [0.25, 0.3) is 0 Å². The summed E-state index contributed by atoms with van der Waals surface area (Å²) in [6.07, 6.45) is 0.295. The molecule has 2 aliphatic heterocycles. The number of halogens is 1. The molecule has 0 spiro atoms. The van der Waals surface area contributed by atoms with Crippen molar-refractivity contribution in [3.8, 4) is 0 Å². The number of carbonyl (C=O) groups excluding carboxylic acids is 2. The van der Waals surface area contributed by atoms with Crippen molar-refractivity contribution in [2.75, 3.05) is 37.6 Å². The van der Waals surface area contributed by atoms with Gasteiger partial charge in [-0.05, 0) is 32.9 Å². The van der Waals surface area contributed by atoms with Gasteiger partial charge in [0, 0.05) is 44.7 Å². The molecule has 25 heavy (non-hydrogen) atoms. The zero-order valence-electron chi connectivity index (χ0n) is 15.2. The largest absolute Gasteiger partial charge is 0.366 e. The van der Waals surface area contributed by atoms with Gasteiger partial charge in [0.25, 0.3) is 0 Å². The van der Waals surface area contributed by atoms with E-state index >= 15 is 0 Å². The molecule has 2 amide bonds. The van der Waals surface area contributed by atoms with Gasteiger partial charge in [0.1, 0.15) is 5.82 Å². The SMILES string of the molecule is CC(C)(C)N1CC(C(=O)N2CCN(c3ccccc3F)CC2)CC1=O. The van der Waals surface area contributed by atoms with Gasteiger partial charge in [-0.1, -0.05) is 12.1 Å². The number of rotatable bonds is 2. The Labute approximate surface area is 148 Å². The molecule has 2 saturated heterocycles. The maximum atomic E-state index is 13.9. The average molecular weight is 347 g/mol. The highest BCUT2D eigenvalue weighted by atomic mass is 19.1. The Kier molecular flexibility index (Phi) is 4.71. The molecule has 0 bridgehead atoms. The number of benzene rings is 1. The maximum Gasteiger partial charge on any atom is 0.228 e. The van der Waals surface area contributed by atoms with E-state index < -0.39 is 0 Å². The summed E-state index contributed by atoms with van der Waals surface area (Å²) in [6.45, 7) is 8.81. The second-order valence-corrected chi connectivity index (χ2v) is 7.84. The minimum atomic E-state index is -0.258. The molecule has 1 aromatic carbocycles. The van der Waals surface area contributed by atoms with E-state index in [0.717, 1.165) is 0 Å². The predicted octanol–water partition coefficient (Wildman–Crippen LogP) is 2.12. The fourth-order valence-electron chi connectivity index (χ4n) is 3.66. The van der Waals surface area contributed by atoms with Gasteiger partial charge >= 0.3 is 0 Å². The molecular weight excluding hydrogens is 321 g/mol. The van der Waals surface area contributed by atoms with Gasteiger partial charge in [-0.3, -0.25) is 9.59 Å². The summed E-state index contributed by atoms with van der Waals surface area (Å²) in [5.41, 5.74) is 0.333. The molecule has 1 unspecified atom stereocenters. The summed E-state index contributed by atoms with van der Waals surface area (Å²) in [6, 6.07) is 6.72. The molecule has 6 heteroatoms. The van der Waals surface area contributed by atoms with Crippen molar-refractivity contribution in [2.24, 2.45) is 5.92 Å². The number of likely N-dealkylation sites (tertiary alicyclic amines) is 1. The monoisotopic (exact) mass is 347 g/mol. The normalized spacial score (nSPS) is 21.8. The lowest BCUT2D eigenvalue weighted by atomic mass is 10.1. The van der Waals surface area contributed by atoms with E-state index in [9.17, 15) is 14.0 Å². The minimum Gasteiger partial charge on any atom is -0.366 e. The second kappa shape index (κ2) is 6.65. The molecule has 3 rings (SSSR count). The lowest BCUT2D eigenvalue weighted by Gasteiger charge is -2.37. The molecule has 0 saturated carbocycles. The van der Waals surface area contributed by atoms with E-state index in [-0.39, 0.29) is 29.1 Å². The first-order chi connectivity index (χ1) is 11.8. The minimum absolute atomic E-state index is 0.0493. The van der Waals surface area contributed by atoms with Gasteiger partial charge in [0.2, 0.25) is 11.8 Å². The van der Waals surface area contributed by atoms with Gasteiger partial charge in [-0.25, -0.2) is 4.39 Å². The van der Waals surface area contributed by atoms with Crippen molar-refractivity contribution in [3.63, 3.8) is 0 Å². The highest BCUT2D eigenvalue weighted by molar-refractivity contribution is 5.89. The van der Waals surface area contributed by atoms with Crippen LogP contribution in [0, 0.1) is 11.7 Å². The van der Waals surface area contributed by atoms with Crippen LogP contribution in [-0.4, -0.2) is 59.9 Å². The first-order valence-electron chi connectivity index (χ1n) is 8.86. The van der Waals surface area contributed by atoms with Gasteiger partial charge in [0.05, 0.1) is 11.6 Å². The smallest absolute Gasteiger partial charge is 0.228 e. The van der Waals surface area contributed by atoms with Gasteiger partial charge in [0.15, 0.2) is 0 Å². The van der Waals surface area contributed by atoms with Gasteiger partial charge < -0.3 is 14.7 Å². The number of carbonyl (C=O) groups is 2. The first-order valence-corrected chi connectivity index (χ1v) is 8.86. The Hall–Kier alpha value is -2.11. The number of para-hydroxylation sites is 1. The van der Waals surface area contributed by atoms with Crippen molar-refractivity contribution in [1.29, 1.82) is 0 Å². The number of hydrogen-bond acceptors (Lipinski definition) is 3. The lowest BCUT2D eigenvalue weighted by molar-refractivity contribution is -0.136. The van der Waals surface area contributed by atoms with Crippen LogP contribution in [0.2, 0.25) is 0 Å². The maximum absolute atomic E-state index is 13.9. The van der Waals surface area contributed by atoms with Crippen LogP contribution in [0.1, 0.15) is 27.2 Å². The Morgan fingerprint density at radius 3 is 2.32 bits per heavy atom. The quantitative estimate of drug-likeness (QED) is 0.823. The van der Waals surface area contributed by atoms with Crippen LogP contribution < -0.4 is 4.90 Å². The topological polar surface area (TPSA) is 43.9 Å². The highest BCUT2D eigenvalue weighted by Crippen LogP contribution is 2.28. The third kappa shape index (κ3) is 3.62. The molecule has 1 aromatic rings. The number of piperazine rings is 1. The highest BCUT2D eigenvalue weighted by Gasteiger charge is 2.41. The number of anilines is 1. The fourth-order valence-corrected chi connectivity index (χ4v) is 3.66. The van der Waals surface area contributed by atoms with E-state index in [1.807, 2.05) is 36.6 Å². The van der Waals surface area contributed by atoms with Crippen molar-refractivity contribution in [1.82, 2.24) is 9.80 Å². The second-order valence-electron chi connectivity index (χ2n) is 7.84. The van der Waals surface area contributed by atoms with Crippen LogP contribution in [0.3, 0.4) is 0 Å². The van der Waals surface area contributed by atoms with Crippen molar-refractivity contribution < 1.29 is 14.0 Å². The van der Waals surface area contributed by atoms with Crippen molar-refractivity contribution in [2.45, 2.75) is 32.7 Å². The molecule has 0 N–H and O–H groups in total. The Morgan fingerprint density at radius 2 is 1.76 bits per heavy atom. The van der Waals surface area contributed by atoms with Crippen LogP contribution >= 0.6 is 0 Å². The van der Waals surface area contributed by atoms with Crippen LogP contribution in [0.15, 0.2) is 24.3 Å². The van der Waals surface area contributed by atoms with E-state index in [1.54, 1.807) is 17.0 Å². The van der Waals surface area contributed by atoms with Crippen molar-refractivity contribution in [3.05, 3.63) is 30.1 Å². The number of nitrogens with zero attached hydrogens (tertiary/aromatic N) is 3. The fraction of sp³-hybridized carbons (Fsp3) is 0.579. The van der Waals surface area contributed by atoms with Crippen LogP contribution in [0.4, 0.5) is 10.1 Å². The molecular formula is C19H26FN3O2. The summed E-state index contributed by atoms with van der Waals surface area (Å²) in [5.74, 6) is -0.389. The summed E-state index contributed by atoms with van der Waals surface area (Å²) in [7, 11) is 0. The molecule has 5 nitrogen and oxygen atoms in total. The summed E-state index contributed by atoms with van der Waals surface area (Å²) < 4.78 is 13.9. The van der Waals surface area contributed by atoms with Crippen molar-refractivity contribution >= 4 is 17.5 Å². The van der Waals surface area contributed by atoms with E-state index in [2.05, 4.69) is 0 Å². The molecule has 2 aliphatic rings. The number of hydrogen-bond donors (Lipinski definition) is 0. The van der Waals surface area contributed by atoms with E-state index in [1.165, 1.54) is 6.07 Å². The van der Waals surface area contributed by atoms with Crippen LogP contribution in [-0.2, 0) is 9.59 Å². The van der Waals surface area contributed by atoms with E-state index in [4.69, 9.17) is 0 Å². The third-order valence-corrected chi connectivity index (χ3v) is 5.07. The zero-order valence-corrected chi connectivity index (χ0v) is 15.2. The first kappa shape index (κ1) is 17.7. The standard InChI is InChI=1S/C19H26FN3O2/c1-19(2,3)23-13-14(12-17(23)24)18(25)22-10-8-21(9-11-22)16-7-5-4-6-15(16)20/h4-7,14H,8-13H2,1-3H3. The third-order valence-electron chi connectivity index (χ3n) is 5.07. The predicted molar refractivity (Wildman–Crippen MR) is 94.8 cm³/mol. The van der Waals surface area contributed by atoms with Crippen LogP contribution in [0.5, 0.6) is 0 Å². The van der Waals surface area contributed by atoms with Gasteiger partial charge in [-0.2, -0.15) is 0 Å². The summed E-state index contributed by atoms with van der Waals surface area (Å²) >= 11 is 0. The molecule has 0 aromatic heterocycles. The lowest BCUT2D eigenvalue weighted by Crippen LogP contribution is -2.51. The van der Waals surface area contributed by atoms with E-state index in [0.29, 0.717) is 44.8 Å². The summed E-state index contributed by atoms with van der Waals surface area (Å²) in [5, 5.41) is 0. The Balaban J connectivity index is 1.59. The summed E-state index contributed by atoms with van der Waals surface area (Å²) in [4.78, 5) is 30.6. The molecule has 0 radical (unpaired) electrons. The molecule has 2 heterocycles. The molecule has 136 valence electrons. The Morgan fingerprint density at radius 1 is 1.12 bits per heavy atom.